The summed E-state index contributed by atoms with van der Waals surface area (Å²) in [6.45, 7) is 0. The maximum absolute atomic E-state index is 13.8. The summed E-state index contributed by atoms with van der Waals surface area (Å²) in [7, 11) is 2.54. The molecule has 6 heteroatoms. The zero-order valence-electron chi connectivity index (χ0n) is 18.0. The molecule has 0 saturated carbocycles. The van der Waals surface area contributed by atoms with Crippen LogP contribution in [0, 0.1) is 0 Å². The fourth-order valence-electron chi connectivity index (χ4n) is 4.88. The smallest absolute Gasteiger partial charge is 0.359 e. The number of para-hydroxylation sites is 1. The third-order valence-corrected chi connectivity index (χ3v) is 6.15. The van der Waals surface area contributed by atoms with E-state index in [0.717, 1.165) is 5.56 Å². The maximum Gasteiger partial charge on any atom is 0.359 e. The molecule has 0 spiro atoms. The van der Waals surface area contributed by atoms with Gasteiger partial charge in [-0.1, -0.05) is 78.9 Å². The summed E-state index contributed by atoms with van der Waals surface area (Å²) < 4.78 is 10.4. The molecule has 3 aromatic carbocycles. The Bertz CT molecular complexity index is 1090. The van der Waals surface area contributed by atoms with Gasteiger partial charge in [0.05, 0.1) is 14.2 Å². The van der Waals surface area contributed by atoms with E-state index in [2.05, 4.69) is 0 Å². The Morgan fingerprint density at radius 1 is 0.812 bits per heavy atom. The van der Waals surface area contributed by atoms with E-state index in [0.29, 0.717) is 11.3 Å². The number of rotatable bonds is 5. The van der Waals surface area contributed by atoms with Crippen LogP contribution in [0.2, 0.25) is 0 Å². The van der Waals surface area contributed by atoms with E-state index < -0.39 is 29.1 Å². The minimum atomic E-state index is -2.11. The molecule has 164 valence electrons. The molecule has 1 fully saturated rings. The molecule has 0 amide bonds. The summed E-state index contributed by atoms with van der Waals surface area (Å²) >= 11 is 0. The Kier molecular flexibility index (Phi) is 5.72. The summed E-state index contributed by atoms with van der Waals surface area (Å²) in [5, 5.41) is 11.9. The number of hydrogen-bond acceptors (Lipinski definition) is 6. The van der Waals surface area contributed by atoms with Crippen LogP contribution in [0.3, 0.4) is 0 Å². The van der Waals surface area contributed by atoms with Crippen LogP contribution in [-0.2, 0) is 24.6 Å². The molecule has 0 radical (unpaired) electrons. The Labute approximate surface area is 187 Å². The maximum atomic E-state index is 13.8. The largest absolute Gasteiger partial charge is 0.467 e. The lowest BCUT2D eigenvalue weighted by molar-refractivity contribution is -0.162. The molecule has 1 heterocycles. The average Bonchev–Trinajstić information content (AvgIpc) is 3.15. The molecule has 4 rings (SSSR count). The number of methoxy groups -OCH3 is 2. The molecule has 1 aliphatic heterocycles. The molecule has 6 nitrogen and oxygen atoms in total. The Morgan fingerprint density at radius 2 is 1.31 bits per heavy atom. The zero-order valence-corrected chi connectivity index (χ0v) is 18.0. The molecule has 3 atom stereocenters. The van der Waals surface area contributed by atoms with E-state index in [1.54, 1.807) is 24.3 Å². The average molecular weight is 431 g/mol. The molecule has 3 aromatic rings. The van der Waals surface area contributed by atoms with Crippen LogP contribution in [0.4, 0.5) is 5.69 Å². The van der Waals surface area contributed by atoms with E-state index in [-0.39, 0.29) is 6.42 Å². The fraction of sp³-hybridized carbons (Fsp3) is 0.231. The summed E-state index contributed by atoms with van der Waals surface area (Å²) in [6.07, 6.45) is -0.0669. The summed E-state index contributed by atoms with van der Waals surface area (Å²) in [4.78, 5) is 28.3. The van der Waals surface area contributed by atoms with Gasteiger partial charge >= 0.3 is 11.9 Å². The summed E-state index contributed by atoms with van der Waals surface area (Å²) in [5.41, 5.74) is -1.75. The van der Waals surface area contributed by atoms with Crippen LogP contribution in [-0.4, -0.2) is 37.0 Å². The van der Waals surface area contributed by atoms with Crippen molar-refractivity contribution in [1.29, 1.82) is 0 Å². The standard InChI is InChI=1S/C26H25NO5/c1-31-23(28)25(30)18-22(19-12-6-3-7-13-19)26(24(29)32-2,20-14-8-4-9-15-20)27(25)21-16-10-5-11-17-21/h3-17,22,30H,18H2,1-2H3/t22-,25-,26+/m1/s1. The van der Waals surface area contributed by atoms with Crippen molar-refractivity contribution >= 4 is 17.6 Å². The van der Waals surface area contributed by atoms with Gasteiger partial charge in [-0.3, -0.25) is 0 Å². The molecule has 32 heavy (non-hydrogen) atoms. The number of ether oxygens (including phenoxy) is 2. The van der Waals surface area contributed by atoms with Crippen LogP contribution in [0.25, 0.3) is 0 Å². The molecule has 0 bridgehead atoms. The molecule has 1 aliphatic rings. The number of aliphatic hydroxyl groups is 1. The third-order valence-electron chi connectivity index (χ3n) is 6.15. The van der Waals surface area contributed by atoms with Crippen LogP contribution in [0.5, 0.6) is 0 Å². The lowest BCUT2D eigenvalue weighted by atomic mass is 9.74. The lowest BCUT2D eigenvalue weighted by Gasteiger charge is -2.44. The van der Waals surface area contributed by atoms with E-state index in [4.69, 9.17) is 9.47 Å². The van der Waals surface area contributed by atoms with Gasteiger partial charge in [0, 0.05) is 18.0 Å². The molecule has 1 saturated heterocycles. The Hall–Kier alpha value is -3.64. The van der Waals surface area contributed by atoms with Gasteiger partial charge in [-0.25, -0.2) is 9.59 Å². The van der Waals surface area contributed by atoms with Gasteiger partial charge in [0.15, 0.2) is 5.54 Å². The predicted octanol–water partition coefficient (Wildman–Crippen LogP) is 3.61. The monoisotopic (exact) mass is 431 g/mol. The number of benzene rings is 3. The van der Waals surface area contributed by atoms with E-state index in [9.17, 15) is 14.7 Å². The number of hydrogen-bond donors (Lipinski definition) is 1. The molecule has 0 aromatic heterocycles. The van der Waals surface area contributed by atoms with Crippen LogP contribution in [0.15, 0.2) is 91.0 Å². The second-order valence-electron chi connectivity index (χ2n) is 7.77. The minimum Gasteiger partial charge on any atom is -0.467 e. The van der Waals surface area contributed by atoms with Gasteiger partial charge in [-0.15, -0.1) is 0 Å². The highest BCUT2D eigenvalue weighted by Gasteiger charge is 2.69. The normalized spacial score (nSPS) is 24.7. The number of anilines is 1. The Morgan fingerprint density at radius 3 is 1.84 bits per heavy atom. The van der Waals surface area contributed by atoms with Crippen molar-refractivity contribution in [2.75, 3.05) is 19.1 Å². The highest BCUT2D eigenvalue weighted by molar-refractivity contribution is 5.95. The van der Waals surface area contributed by atoms with Crippen molar-refractivity contribution < 1.29 is 24.2 Å². The van der Waals surface area contributed by atoms with Crippen molar-refractivity contribution in [3.63, 3.8) is 0 Å². The molecule has 0 unspecified atom stereocenters. The fourth-order valence-corrected chi connectivity index (χ4v) is 4.88. The zero-order chi connectivity index (χ0) is 22.8. The number of carbonyl (C=O) groups excluding carboxylic acids is 2. The van der Waals surface area contributed by atoms with Gasteiger partial charge in [-0.2, -0.15) is 0 Å². The van der Waals surface area contributed by atoms with Crippen molar-refractivity contribution in [3.8, 4) is 0 Å². The first-order valence-corrected chi connectivity index (χ1v) is 10.3. The number of esters is 2. The topological polar surface area (TPSA) is 76.1 Å². The molecular weight excluding hydrogens is 406 g/mol. The van der Waals surface area contributed by atoms with Gasteiger partial charge in [-0.05, 0) is 23.3 Å². The second-order valence-corrected chi connectivity index (χ2v) is 7.77. The van der Waals surface area contributed by atoms with Crippen molar-refractivity contribution in [2.24, 2.45) is 0 Å². The first-order valence-electron chi connectivity index (χ1n) is 10.3. The van der Waals surface area contributed by atoms with E-state index in [1.807, 2.05) is 66.7 Å². The van der Waals surface area contributed by atoms with Crippen molar-refractivity contribution in [2.45, 2.75) is 23.6 Å². The third kappa shape index (κ3) is 3.15. The van der Waals surface area contributed by atoms with Crippen molar-refractivity contribution in [3.05, 3.63) is 102 Å². The summed E-state index contributed by atoms with van der Waals surface area (Å²) in [5.74, 6) is -2.03. The molecule has 1 N–H and O–H groups in total. The number of nitrogens with zero attached hydrogens (tertiary/aromatic N) is 1. The molecular formula is C26H25NO5. The first kappa shape index (κ1) is 21.6. The van der Waals surface area contributed by atoms with Crippen LogP contribution >= 0.6 is 0 Å². The SMILES string of the molecule is COC(=O)[C@]1(O)C[C@H](c2ccccc2)[C@](C(=O)OC)(c2ccccc2)N1c1ccccc1. The highest BCUT2D eigenvalue weighted by Crippen LogP contribution is 2.57. The quantitative estimate of drug-likeness (QED) is 0.622. The van der Waals surface area contributed by atoms with Gasteiger partial charge in [0.2, 0.25) is 5.72 Å². The highest BCUT2D eigenvalue weighted by atomic mass is 16.5. The minimum absolute atomic E-state index is 0.0669. The second kappa shape index (κ2) is 8.48. The lowest BCUT2D eigenvalue weighted by Crippen LogP contribution is -2.61. The Balaban J connectivity index is 2.12. The predicted molar refractivity (Wildman–Crippen MR) is 120 cm³/mol. The van der Waals surface area contributed by atoms with Crippen LogP contribution < -0.4 is 4.90 Å². The van der Waals surface area contributed by atoms with Gasteiger partial charge < -0.3 is 19.5 Å². The van der Waals surface area contributed by atoms with Crippen LogP contribution in [0.1, 0.15) is 23.5 Å². The van der Waals surface area contributed by atoms with E-state index >= 15 is 0 Å². The summed E-state index contributed by atoms with van der Waals surface area (Å²) in [6, 6.07) is 27.4. The van der Waals surface area contributed by atoms with Gasteiger partial charge in [0.1, 0.15) is 0 Å². The van der Waals surface area contributed by atoms with Crippen molar-refractivity contribution in [1.82, 2.24) is 0 Å². The molecule has 0 aliphatic carbocycles. The number of carbonyl (C=O) groups is 2. The first-order chi connectivity index (χ1) is 15.5. The van der Waals surface area contributed by atoms with E-state index in [1.165, 1.54) is 19.1 Å². The van der Waals surface area contributed by atoms with Gasteiger partial charge in [0.25, 0.3) is 0 Å².